The normalized spacial score (nSPS) is 23.9. The number of nitrogens with zero attached hydrogens (tertiary/aromatic N) is 2. The lowest BCUT2D eigenvalue weighted by Crippen LogP contribution is -2.57. The van der Waals surface area contributed by atoms with Crippen LogP contribution in [-0.2, 0) is 9.59 Å². The highest BCUT2D eigenvalue weighted by molar-refractivity contribution is 5.99. The van der Waals surface area contributed by atoms with Crippen molar-refractivity contribution in [3.63, 3.8) is 0 Å². The molecule has 8 nitrogen and oxygen atoms in total. The minimum Gasteiger partial charge on any atom is -0.389 e. The molecular weight excluding hydrogens is 797 g/mol. The number of halogens is 4. The molecule has 4 saturated carbocycles. The van der Waals surface area contributed by atoms with Crippen LogP contribution in [-0.4, -0.2) is 66.7 Å². The Hall–Kier alpha value is -4.34. The van der Waals surface area contributed by atoms with E-state index in [9.17, 15) is 37.4 Å². The summed E-state index contributed by atoms with van der Waals surface area (Å²) >= 11 is 0. The van der Waals surface area contributed by atoms with Crippen LogP contribution in [0, 0.1) is 33.5 Å². The molecule has 0 radical (unpaired) electrons. The first-order valence-electron chi connectivity index (χ1n) is 22.3. The van der Waals surface area contributed by atoms with Crippen molar-refractivity contribution in [2.45, 2.75) is 166 Å². The first-order valence-corrected chi connectivity index (χ1v) is 22.3. The van der Waals surface area contributed by atoms with Crippen LogP contribution >= 0.6 is 0 Å². The van der Waals surface area contributed by atoms with E-state index in [4.69, 9.17) is 4.98 Å². The quantitative estimate of drug-likeness (QED) is 0.119. The molecule has 1 aromatic heterocycles. The molecule has 3 aromatic rings. The Balaban J connectivity index is 0.915. The maximum atomic E-state index is 14.0. The minimum atomic E-state index is -2.81. The first kappa shape index (κ1) is 44.3. The standard InChI is InChI=1S/C50H60F4N4O4/c1-43(2,3)36(28-39(59)45(13-14-45)47(61)17-21-49(51,52)22-18-47)41-56-30-38(57-41)35-12-11-33-25-31(9-10-34(33)27-35)7-8-32-26-37(55-29-32)40(44(4,5)6)58-42(60)46(15-16-46)48(62)19-23-50(53,54)24-20-48/h9-12,25,27,29-30,36,40,61-62H,13-24,26,28H2,1-6H3,(H,56,57)(H,58,60)/t36-,40-/m1/s1. The second kappa shape index (κ2) is 15.1. The number of Topliss-reactive ketones (excluding diaryl/α,β-unsaturated/α-hetero) is 1. The van der Waals surface area contributed by atoms with E-state index in [1.165, 1.54) is 0 Å². The Morgan fingerprint density at radius 3 is 1.89 bits per heavy atom. The van der Waals surface area contributed by atoms with Crippen molar-refractivity contribution in [2.24, 2.45) is 26.7 Å². The third-order valence-corrected chi connectivity index (χ3v) is 15.0. The molecule has 332 valence electrons. The van der Waals surface area contributed by atoms with Gasteiger partial charge in [0.1, 0.15) is 11.6 Å². The Bertz CT molecular complexity index is 2380. The second-order valence-electron chi connectivity index (χ2n) is 21.4. The lowest BCUT2D eigenvalue weighted by Gasteiger charge is -2.42. The predicted molar refractivity (Wildman–Crippen MR) is 232 cm³/mol. The molecule has 4 N–H and O–H groups in total. The largest absolute Gasteiger partial charge is 0.389 e. The fourth-order valence-corrected chi connectivity index (χ4v) is 10.4. The molecule has 0 saturated heterocycles. The smallest absolute Gasteiger partial charge is 0.248 e. The van der Waals surface area contributed by atoms with Crippen LogP contribution in [0.15, 0.2) is 59.4 Å². The van der Waals surface area contributed by atoms with Crippen molar-refractivity contribution < 1.29 is 37.4 Å². The SMILES string of the molecule is CC(C)(C)[C@H](NC(=O)C1(C2(O)CCC(F)(F)CC2)CC1)C1=NC=C(C#Cc2ccc3cc(-c4cnc([C@@H](CC(=O)C5(C6(O)CCC(F)(F)CC6)CC5)C(C)(C)C)[nH]4)ccc3c2)C1. The summed E-state index contributed by atoms with van der Waals surface area (Å²) in [5.74, 6) is 0.973. The lowest BCUT2D eigenvalue weighted by atomic mass is 9.67. The van der Waals surface area contributed by atoms with Gasteiger partial charge in [-0.25, -0.2) is 22.5 Å². The van der Waals surface area contributed by atoms with Crippen LogP contribution in [0.4, 0.5) is 17.6 Å². The van der Waals surface area contributed by atoms with Gasteiger partial charge in [0.15, 0.2) is 0 Å². The number of hydrogen-bond donors (Lipinski definition) is 4. The van der Waals surface area contributed by atoms with Gasteiger partial charge >= 0.3 is 0 Å². The van der Waals surface area contributed by atoms with Gasteiger partial charge in [-0.2, -0.15) is 0 Å². The highest BCUT2D eigenvalue weighted by Gasteiger charge is 2.66. The van der Waals surface area contributed by atoms with E-state index >= 15 is 0 Å². The minimum absolute atomic E-state index is 0.0619. The number of benzene rings is 2. The van der Waals surface area contributed by atoms with Crippen molar-refractivity contribution >= 4 is 28.2 Å². The number of aromatic amines is 1. The average molecular weight is 857 g/mol. The Morgan fingerprint density at radius 1 is 0.758 bits per heavy atom. The number of aliphatic imine (C=N–C) groups is 1. The van der Waals surface area contributed by atoms with Gasteiger partial charge < -0.3 is 20.5 Å². The van der Waals surface area contributed by atoms with Gasteiger partial charge in [-0.3, -0.25) is 14.6 Å². The maximum absolute atomic E-state index is 14.0. The third-order valence-electron chi connectivity index (χ3n) is 15.0. The van der Waals surface area contributed by atoms with Gasteiger partial charge in [0.25, 0.3) is 0 Å². The Kier molecular flexibility index (Phi) is 10.8. The van der Waals surface area contributed by atoms with E-state index in [1.54, 1.807) is 12.4 Å². The molecule has 1 aliphatic heterocycles. The van der Waals surface area contributed by atoms with E-state index in [1.807, 2.05) is 51.1 Å². The second-order valence-corrected chi connectivity index (χ2v) is 21.4. The van der Waals surface area contributed by atoms with Gasteiger partial charge in [-0.15, -0.1) is 0 Å². The van der Waals surface area contributed by atoms with Crippen molar-refractivity contribution in [1.82, 2.24) is 15.3 Å². The Morgan fingerprint density at radius 2 is 1.32 bits per heavy atom. The summed E-state index contributed by atoms with van der Waals surface area (Å²) in [6.07, 6.45) is 4.19. The zero-order valence-corrected chi connectivity index (χ0v) is 36.8. The van der Waals surface area contributed by atoms with E-state index in [2.05, 4.69) is 54.0 Å². The van der Waals surface area contributed by atoms with Crippen molar-refractivity contribution in [1.29, 1.82) is 0 Å². The number of carbonyl (C=O) groups excluding carboxylic acids is 2. The van der Waals surface area contributed by atoms with Crippen molar-refractivity contribution in [3.05, 3.63) is 65.8 Å². The van der Waals surface area contributed by atoms with Gasteiger partial charge in [0, 0.05) is 73.1 Å². The number of aromatic nitrogens is 2. The van der Waals surface area contributed by atoms with Crippen LogP contribution < -0.4 is 5.32 Å². The number of allylic oxidation sites excluding steroid dienone is 1. The predicted octanol–water partition coefficient (Wildman–Crippen LogP) is 10.4. The van der Waals surface area contributed by atoms with E-state index < -0.39 is 71.0 Å². The third kappa shape index (κ3) is 8.41. The number of ketones is 1. The summed E-state index contributed by atoms with van der Waals surface area (Å²) in [6.45, 7) is 12.2. The summed E-state index contributed by atoms with van der Waals surface area (Å²) in [5, 5.41) is 28.1. The summed E-state index contributed by atoms with van der Waals surface area (Å²) < 4.78 is 55.9. The number of hydrogen-bond acceptors (Lipinski definition) is 6. The number of alkyl halides is 4. The highest BCUT2D eigenvalue weighted by atomic mass is 19.3. The Labute approximate surface area is 361 Å². The molecule has 2 atom stereocenters. The number of rotatable bonds is 10. The van der Waals surface area contributed by atoms with Crippen molar-refractivity contribution in [2.75, 3.05) is 0 Å². The fourth-order valence-electron chi connectivity index (χ4n) is 10.4. The van der Waals surface area contributed by atoms with E-state index in [-0.39, 0.29) is 55.1 Å². The van der Waals surface area contributed by atoms with Gasteiger partial charge in [0.05, 0.1) is 40.0 Å². The monoisotopic (exact) mass is 856 g/mol. The van der Waals surface area contributed by atoms with Crippen LogP contribution in [0.25, 0.3) is 22.0 Å². The number of aliphatic hydroxyl groups is 2. The van der Waals surface area contributed by atoms with Gasteiger partial charge in [-0.1, -0.05) is 71.6 Å². The topological polar surface area (TPSA) is 128 Å². The maximum Gasteiger partial charge on any atom is 0.248 e. The molecule has 8 rings (SSSR count). The number of H-pyrrole nitrogens is 1. The van der Waals surface area contributed by atoms with Crippen molar-refractivity contribution in [3.8, 4) is 23.1 Å². The van der Waals surface area contributed by atoms with Gasteiger partial charge in [0.2, 0.25) is 17.8 Å². The van der Waals surface area contributed by atoms with E-state index in [0.717, 1.165) is 38.9 Å². The van der Waals surface area contributed by atoms with Crippen LogP contribution in [0.3, 0.4) is 0 Å². The molecule has 4 aliphatic carbocycles. The molecule has 2 aromatic carbocycles. The number of nitrogens with one attached hydrogen (secondary N) is 2. The summed E-state index contributed by atoms with van der Waals surface area (Å²) in [6, 6.07) is 11.7. The molecule has 5 aliphatic rings. The molecule has 0 spiro atoms. The van der Waals surface area contributed by atoms with E-state index in [0.29, 0.717) is 37.9 Å². The molecule has 0 bridgehead atoms. The van der Waals surface area contributed by atoms with Crippen LogP contribution in [0.2, 0.25) is 0 Å². The summed E-state index contributed by atoms with van der Waals surface area (Å²) in [5.41, 5.74) is -1.47. The number of imidazole rings is 1. The molecule has 62 heavy (non-hydrogen) atoms. The number of fused-ring (bicyclic) bond motifs is 1. The zero-order chi connectivity index (χ0) is 44.7. The fraction of sp³-hybridized carbons (Fsp3) is 0.600. The highest BCUT2D eigenvalue weighted by Crippen LogP contribution is 2.63. The molecule has 1 amide bonds. The molecule has 4 fully saturated rings. The molecule has 0 unspecified atom stereocenters. The number of amides is 1. The lowest BCUT2D eigenvalue weighted by molar-refractivity contribution is -0.157. The number of carbonyl (C=O) groups is 2. The summed E-state index contributed by atoms with van der Waals surface area (Å²) in [7, 11) is 0. The molecular formula is C50H60F4N4O4. The summed E-state index contributed by atoms with van der Waals surface area (Å²) in [4.78, 5) is 40.7. The molecule has 2 heterocycles. The molecule has 12 heteroatoms. The first-order chi connectivity index (χ1) is 28.9. The van der Waals surface area contributed by atoms with Gasteiger partial charge in [-0.05, 0) is 91.2 Å². The van der Waals surface area contributed by atoms with Crippen LogP contribution in [0.1, 0.15) is 149 Å². The van der Waals surface area contributed by atoms with Crippen LogP contribution in [0.5, 0.6) is 0 Å². The average Bonchev–Trinajstić information content (AvgIpc) is 4.11. The zero-order valence-electron chi connectivity index (χ0n) is 36.8.